The highest BCUT2D eigenvalue weighted by Gasteiger charge is 2.36. The number of nitrogens with zero attached hydrogens (tertiary/aromatic N) is 4. The van der Waals surface area contributed by atoms with Crippen molar-refractivity contribution < 1.29 is 4.79 Å². The summed E-state index contributed by atoms with van der Waals surface area (Å²) in [6.45, 7) is 0.688. The van der Waals surface area contributed by atoms with E-state index in [4.69, 9.17) is 11.6 Å². The third kappa shape index (κ3) is 2.74. The highest BCUT2D eigenvalue weighted by Crippen LogP contribution is 2.41. The van der Waals surface area contributed by atoms with Crippen molar-refractivity contribution in [1.82, 2.24) is 14.8 Å². The summed E-state index contributed by atoms with van der Waals surface area (Å²) in [7, 11) is 1.99. The first-order valence-electron chi connectivity index (χ1n) is 7.77. The smallest absolute Gasteiger partial charge is 0.240 e. The largest absolute Gasteiger partial charge is 0.310 e. The van der Waals surface area contributed by atoms with E-state index in [1.165, 1.54) is 24.6 Å². The van der Waals surface area contributed by atoms with Gasteiger partial charge >= 0.3 is 0 Å². The molecule has 120 valence electrons. The average molecular weight is 349 g/mol. The minimum absolute atomic E-state index is 0.0964. The molecule has 2 heterocycles. The molecule has 1 aromatic heterocycles. The highest BCUT2D eigenvalue weighted by molar-refractivity contribution is 8.00. The molecule has 5 nitrogen and oxygen atoms in total. The molecule has 1 aliphatic heterocycles. The third-order valence-electron chi connectivity index (χ3n) is 4.36. The molecule has 7 heteroatoms. The third-order valence-corrected chi connectivity index (χ3v) is 5.97. The van der Waals surface area contributed by atoms with Crippen LogP contribution >= 0.6 is 23.4 Å². The van der Waals surface area contributed by atoms with Crippen LogP contribution in [0.5, 0.6) is 0 Å². The number of aromatic nitrogens is 3. The van der Waals surface area contributed by atoms with Gasteiger partial charge in [0.2, 0.25) is 5.91 Å². The molecule has 0 spiro atoms. The van der Waals surface area contributed by atoms with Crippen LogP contribution < -0.4 is 4.90 Å². The van der Waals surface area contributed by atoms with Crippen LogP contribution in [0.1, 0.15) is 31.0 Å². The molecule has 1 aromatic carbocycles. The van der Waals surface area contributed by atoms with Crippen molar-refractivity contribution in [2.75, 3.05) is 11.4 Å². The number of rotatable bonds is 4. The highest BCUT2D eigenvalue weighted by atomic mass is 35.5. The van der Waals surface area contributed by atoms with Crippen LogP contribution in [0.25, 0.3) is 0 Å². The Labute approximate surface area is 144 Å². The zero-order chi connectivity index (χ0) is 16.0. The molecule has 1 amide bonds. The Morgan fingerprint density at radius 3 is 2.74 bits per heavy atom. The summed E-state index contributed by atoms with van der Waals surface area (Å²) in [5.74, 6) is 1.70. The Morgan fingerprint density at radius 1 is 1.22 bits per heavy atom. The van der Waals surface area contributed by atoms with Gasteiger partial charge in [-0.1, -0.05) is 35.5 Å². The zero-order valence-corrected chi connectivity index (χ0v) is 14.3. The molecule has 1 aliphatic carbocycles. The molecule has 2 aromatic rings. The second-order valence-corrected chi connectivity index (χ2v) is 7.59. The first-order chi connectivity index (χ1) is 11.1. The fourth-order valence-corrected chi connectivity index (χ4v) is 4.21. The van der Waals surface area contributed by atoms with Crippen molar-refractivity contribution in [2.45, 2.75) is 35.6 Å². The number of thioether (sulfide) groups is 1. The standard InChI is InChI=1S/C16H17ClN4OS/c1-20-14(10-6-7-10)18-19-16(20)23-13-8-9-21(15(13)22)12-5-3-2-4-11(12)17/h2-5,10,13H,6-9H2,1H3. The van der Waals surface area contributed by atoms with Crippen molar-refractivity contribution in [3.8, 4) is 0 Å². The summed E-state index contributed by atoms with van der Waals surface area (Å²) in [6, 6.07) is 7.48. The Kier molecular flexibility index (Phi) is 3.81. The molecule has 4 rings (SSSR count). The number of anilines is 1. The molecule has 0 bridgehead atoms. The summed E-state index contributed by atoms with van der Waals surface area (Å²) in [6.07, 6.45) is 3.18. The van der Waals surface area contributed by atoms with E-state index in [9.17, 15) is 4.79 Å². The van der Waals surface area contributed by atoms with E-state index in [0.717, 1.165) is 23.1 Å². The SMILES string of the molecule is Cn1c(SC2CCN(c3ccccc3Cl)C2=O)nnc1C1CC1. The topological polar surface area (TPSA) is 51.0 Å². The lowest BCUT2D eigenvalue weighted by molar-refractivity contribution is -0.116. The van der Waals surface area contributed by atoms with E-state index in [1.807, 2.05) is 35.9 Å². The van der Waals surface area contributed by atoms with Gasteiger partial charge in [0.15, 0.2) is 5.16 Å². The fourth-order valence-electron chi connectivity index (χ4n) is 2.93. The van der Waals surface area contributed by atoms with E-state index >= 15 is 0 Å². The van der Waals surface area contributed by atoms with Gasteiger partial charge in [0, 0.05) is 19.5 Å². The van der Waals surface area contributed by atoms with Crippen molar-refractivity contribution in [3.05, 3.63) is 35.1 Å². The molecule has 1 atom stereocenters. The van der Waals surface area contributed by atoms with Crippen molar-refractivity contribution in [3.63, 3.8) is 0 Å². The minimum atomic E-state index is -0.124. The summed E-state index contributed by atoms with van der Waals surface area (Å²) in [5.41, 5.74) is 0.791. The zero-order valence-electron chi connectivity index (χ0n) is 12.8. The van der Waals surface area contributed by atoms with Crippen LogP contribution in [0.4, 0.5) is 5.69 Å². The van der Waals surface area contributed by atoms with Gasteiger partial charge in [0.05, 0.1) is 16.0 Å². The molecule has 1 saturated heterocycles. The second kappa shape index (κ2) is 5.83. The first kappa shape index (κ1) is 15.0. The predicted octanol–water partition coefficient (Wildman–Crippen LogP) is 3.24. The number of hydrogen-bond donors (Lipinski definition) is 0. The Morgan fingerprint density at radius 2 is 2.00 bits per heavy atom. The van der Waals surface area contributed by atoms with Gasteiger partial charge < -0.3 is 9.47 Å². The summed E-state index contributed by atoms with van der Waals surface area (Å²) >= 11 is 7.73. The van der Waals surface area contributed by atoms with Crippen LogP contribution in [0.2, 0.25) is 5.02 Å². The first-order valence-corrected chi connectivity index (χ1v) is 9.03. The van der Waals surface area contributed by atoms with Gasteiger partial charge in [-0.2, -0.15) is 0 Å². The predicted molar refractivity (Wildman–Crippen MR) is 91.0 cm³/mol. The molecule has 0 N–H and O–H groups in total. The number of halogens is 1. The lowest BCUT2D eigenvalue weighted by atomic mass is 10.3. The number of amides is 1. The van der Waals surface area contributed by atoms with Crippen LogP contribution in [-0.2, 0) is 11.8 Å². The minimum Gasteiger partial charge on any atom is -0.310 e. The average Bonchev–Trinajstić information content (AvgIpc) is 3.24. The molecular weight excluding hydrogens is 332 g/mol. The summed E-state index contributed by atoms with van der Waals surface area (Å²) in [4.78, 5) is 14.5. The van der Waals surface area contributed by atoms with Crippen LogP contribution in [0.15, 0.2) is 29.4 Å². The Hall–Kier alpha value is -1.53. The van der Waals surface area contributed by atoms with E-state index in [0.29, 0.717) is 17.5 Å². The van der Waals surface area contributed by atoms with Crippen LogP contribution in [0.3, 0.4) is 0 Å². The molecule has 2 fully saturated rings. The monoisotopic (exact) mass is 348 g/mol. The quantitative estimate of drug-likeness (QED) is 0.851. The normalized spacial score (nSPS) is 21.2. The van der Waals surface area contributed by atoms with Crippen LogP contribution in [0, 0.1) is 0 Å². The van der Waals surface area contributed by atoms with Gasteiger partial charge in [-0.05, 0) is 31.4 Å². The molecule has 2 aliphatic rings. The Balaban J connectivity index is 1.51. The summed E-state index contributed by atoms with van der Waals surface area (Å²) in [5, 5.41) is 9.87. The van der Waals surface area contributed by atoms with Crippen molar-refractivity contribution >= 4 is 35.0 Å². The maximum Gasteiger partial charge on any atom is 0.240 e. The molecule has 23 heavy (non-hydrogen) atoms. The number of benzene rings is 1. The molecule has 1 unspecified atom stereocenters. The van der Waals surface area contributed by atoms with Gasteiger partial charge in [0.1, 0.15) is 5.82 Å². The van der Waals surface area contributed by atoms with E-state index in [-0.39, 0.29) is 11.2 Å². The maximum absolute atomic E-state index is 12.7. The molecular formula is C16H17ClN4OS. The number of carbonyl (C=O) groups is 1. The lowest BCUT2D eigenvalue weighted by Gasteiger charge is -2.17. The van der Waals surface area contributed by atoms with E-state index < -0.39 is 0 Å². The number of carbonyl (C=O) groups excluding carboxylic acids is 1. The van der Waals surface area contributed by atoms with Gasteiger partial charge in [-0.25, -0.2) is 0 Å². The molecule has 1 saturated carbocycles. The van der Waals surface area contributed by atoms with Gasteiger partial charge in [-0.3, -0.25) is 4.79 Å². The number of hydrogen-bond acceptors (Lipinski definition) is 4. The number of para-hydroxylation sites is 1. The maximum atomic E-state index is 12.7. The van der Waals surface area contributed by atoms with Crippen LogP contribution in [-0.4, -0.2) is 32.5 Å². The second-order valence-electron chi connectivity index (χ2n) is 6.01. The van der Waals surface area contributed by atoms with Crippen molar-refractivity contribution in [1.29, 1.82) is 0 Å². The Bertz CT molecular complexity index is 758. The fraction of sp³-hybridized carbons (Fsp3) is 0.438. The lowest BCUT2D eigenvalue weighted by Crippen LogP contribution is -2.28. The van der Waals surface area contributed by atoms with E-state index in [1.54, 1.807) is 4.90 Å². The van der Waals surface area contributed by atoms with Gasteiger partial charge in [-0.15, -0.1) is 10.2 Å². The summed E-state index contributed by atoms with van der Waals surface area (Å²) < 4.78 is 2.04. The van der Waals surface area contributed by atoms with E-state index in [2.05, 4.69) is 10.2 Å². The van der Waals surface area contributed by atoms with Crippen molar-refractivity contribution in [2.24, 2.45) is 7.05 Å². The molecule has 0 radical (unpaired) electrons. The van der Waals surface area contributed by atoms with Gasteiger partial charge in [0.25, 0.3) is 0 Å².